The fourth-order valence-electron chi connectivity index (χ4n) is 3.38. The van der Waals surface area contributed by atoms with Gasteiger partial charge < -0.3 is 5.32 Å². The zero-order valence-corrected chi connectivity index (χ0v) is 15.1. The molecule has 2 N–H and O–H groups in total. The van der Waals surface area contributed by atoms with Crippen molar-refractivity contribution in [1.82, 2.24) is 15.2 Å². The summed E-state index contributed by atoms with van der Waals surface area (Å²) in [7, 11) is 0. The number of anilines is 1. The second-order valence-electron chi connectivity index (χ2n) is 7.19. The lowest BCUT2D eigenvalue weighted by Gasteiger charge is -2.29. The van der Waals surface area contributed by atoms with Gasteiger partial charge in [-0.2, -0.15) is 5.10 Å². The number of fused-ring (bicyclic) bond motifs is 1. The minimum Gasteiger partial charge on any atom is -0.371 e. The van der Waals surface area contributed by atoms with E-state index < -0.39 is 0 Å². The van der Waals surface area contributed by atoms with Gasteiger partial charge in [0.15, 0.2) is 5.78 Å². The molecule has 0 amide bonds. The van der Waals surface area contributed by atoms with Crippen LogP contribution >= 0.6 is 11.3 Å². The average Bonchev–Trinajstić information content (AvgIpc) is 3.20. The number of Topliss-reactive ketones (excluding diaryl/α,β-unsaturated/α-hetero) is 1. The third-order valence-corrected chi connectivity index (χ3v) is 5.68. The van der Waals surface area contributed by atoms with E-state index in [1.165, 1.54) is 0 Å². The Bertz CT molecular complexity index is 897. The van der Waals surface area contributed by atoms with Crippen LogP contribution in [0.25, 0.3) is 10.6 Å². The molecular weight excluding hydrogens is 332 g/mol. The van der Waals surface area contributed by atoms with Crippen LogP contribution in [0.2, 0.25) is 0 Å². The van der Waals surface area contributed by atoms with Crippen molar-refractivity contribution in [3.05, 3.63) is 53.5 Å². The summed E-state index contributed by atoms with van der Waals surface area (Å²) in [5.74, 6) is 0.216. The van der Waals surface area contributed by atoms with Gasteiger partial charge in [0.05, 0.1) is 22.7 Å². The van der Waals surface area contributed by atoms with E-state index in [9.17, 15) is 4.79 Å². The predicted molar refractivity (Wildman–Crippen MR) is 99.9 cm³/mol. The molecule has 0 aliphatic heterocycles. The van der Waals surface area contributed by atoms with Crippen LogP contribution in [0, 0.1) is 5.41 Å². The van der Waals surface area contributed by atoms with Crippen LogP contribution in [0.4, 0.5) is 5.00 Å². The van der Waals surface area contributed by atoms with Gasteiger partial charge in [0.1, 0.15) is 10.7 Å². The monoisotopic (exact) mass is 352 g/mol. The summed E-state index contributed by atoms with van der Waals surface area (Å²) in [5.41, 5.74) is 3.81. The number of carbonyl (C=O) groups is 1. The number of nitrogens with one attached hydrogen (secondary N) is 2. The first-order valence-corrected chi connectivity index (χ1v) is 9.18. The average molecular weight is 352 g/mol. The number of rotatable bonds is 4. The highest BCUT2D eigenvalue weighted by Crippen LogP contribution is 2.47. The maximum Gasteiger partial charge on any atom is 0.166 e. The van der Waals surface area contributed by atoms with Crippen molar-refractivity contribution in [1.29, 1.82) is 0 Å². The summed E-state index contributed by atoms with van der Waals surface area (Å²) in [6, 6.07) is 7.81. The standard InChI is InChI=1S/C19H20N4OS/c1-19(2)9-13-16(15(24)10-19)18(21-11-12-5-3-4-7-20-12)25-17(13)14-6-8-22-23-14/h3-8,21H,9-11H2,1-2H3,(H,22,23). The van der Waals surface area contributed by atoms with Crippen LogP contribution in [0.5, 0.6) is 0 Å². The molecule has 6 heteroatoms. The van der Waals surface area contributed by atoms with Crippen LogP contribution in [-0.2, 0) is 13.0 Å². The molecule has 5 nitrogen and oxygen atoms in total. The number of nitrogens with zero attached hydrogens (tertiary/aromatic N) is 2. The van der Waals surface area contributed by atoms with Gasteiger partial charge in [-0.15, -0.1) is 11.3 Å². The SMILES string of the molecule is CC1(C)CC(=O)c2c(NCc3ccccn3)sc(-c3cc[nH]n3)c2C1. The summed E-state index contributed by atoms with van der Waals surface area (Å²) in [4.78, 5) is 18.3. The van der Waals surface area contributed by atoms with Crippen LogP contribution in [-0.4, -0.2) is 21.0 Å². The van der Waals surface area contributed by atoms with E-state index in [-0.39, 0.29) is 11.2 Å². The number of carbonyl (C=O) groups excluding carboxylic acids is 1. The summed E-state index contributed by atoms with van der Waals surface area (Å²) in [6.07, 6.45) is 5.06. The number of aromatic nitrogens is 3. The van der Waals surface area contributed by atoms with E-state index in [4.69, 9.17) is 0 Å². The van der Waals surface area contributed by atoms with Crippen LogP contribution in [0.3, 0.4) is 0 Å². The largest absolute Gasteiger partial charge is 0.371 e. The second kappa shape index (κ2) is 6.11. The van der Waals surface area contributed by atoms with Crippen molar-refractivity contribution < 1.29 is 4.79 Å². The van der Waals surface area contributed by atoms with Crippen molar-refractivity contribution in [2.75, 3.05) is 5.32 Å². The van der Waals surface area contributed by atoms with Gasteiger partial charge >= 0.3 is 0 Å². The van der Waals surface area contributed by atoms with E-state index in [2.05, 4.69) is 34.3 Å². The van der Waals surface area contributed by atoms with E-state index in [0.29, 0.717) is 13.0 Å². The van der Waals surface area contributed by atoms with Gasteiger partial charge in [0.25, 0.3) is 0 Å². The first kappa shape index (κ1) is 16.0. The Labute approximate surface area is 150 Å². The molecule has 128 valence electrons. The summed E-state index contributed by atoms with van der Waals surface area (Å²) in [5, 5.41) is 11.6. The minimum absolute atomic E-state index is 0.0194. The van der Waals surface area contributed by atoms with Gasteiger partial charge in [0, 0.05) is 18.8 Å². The fraction of sp³-hybridized carbons (Fsp3) is 0.316. The summed E-state index contributed by atoms with van der Waals surface area (Å²) in [6.45, 7) is 4.91. The second-order valence-corrected chi connectivity index (χ2v) is 8.21. The Morgan fingerprint density at radius 1 is 1.28 bits per heavy atom. The number of hydrogen-bond donors (Lipinski definition) is 2. The Morgan fingerprint density at radius 2 is 2.16 bits per heavy atom. The lowest BCUT2D eigenvalue weighted by Crippen LogP contribution is -2.26. The third-order valence-electron chi connectivity index (χ3n) is 4.47. The van der Waals surface area contributed by atoms with Gasteiger partial charge in [-0.3, -0.25) is 14.9 Å². The van der Waals surface area contributed by atoms with Crippen molar-refractivity contribution in [2.45, 2.75) is 33.2 Å². The Morgan fingerprint density at radius 3 is 2.88 bits per heavy atom. The molecule has 25 heavy (non-hydrogen) atoms. The highest BCUT2D eigenvalue weighted by Gasteiger charge is 2.36. The van der Waals surface area contributed by atoms with E-state index in [1.807, 2.05) is 30.5 Å². The molecule has 3 aromatic rings. The molecule has 4 rings (SSSR count). The van der Waals surface area contributed by atoms with Crippen molar-refractivity contribution in [3.8, 4) is 10.6 Å². The van der Waals surface area contributed by atoms with Crippen molar-refractivity contribution in [2.24, 2.45) is 5.41 Å². The molecule has 3 aromatic heterocycles. The highest BCUT2D eigenvalue weighted by molar-refractivity contribution is 7.20. The normalized spacial score (nSPS) is 15.8. The summed E-state index contributed by atoms with van der Waals surface area (Å²) < 4.78 is 0. The number of H-pyrrole nitrogens is 1. The molecular formula is C19H20N4OS. The number of aromatic amines is 1. The van der Waals surface area contributed by atoms with E-state index in [1.54, 1.807) is 17.5 Å². The van der Waals surface area contributed by atoms with Crippen molar-refractivity contribution in [3.63, 3.8) is 0 Å². The first-order chi connectivity index (χ1) is 12.0. The Balaban J connectivity index is 1.74. The Hall–Kier alpha value is -2.47. The quantitative estimate of drug-likeness (QED) is 0.734. The maximum atomic E-state index is 12.8. The molecule has 0 spiro atoms. The fourth-order valence-corrected chi connectivity index (χ4v) is 4.59. The van der Waals surface area contributed by atoms with Gasteiger partial charge in [-0.1, -0.05) is 19.9 Å². The number of hydrogen-bond acceptors (Lipinski definition) is 5. The zero-order chi connectivity index (χ0) is 17.4. The smallest absolute Gasteiger partial charge is 0.166 e. The van der Waals surface area contributed by atoms with E-state index in [0.717, 1.165) is 38.8 Å². The zero-order valence-electron chi connectivity index (χ0n) is 14.3. The molecule has 0 radical (unpaired) electrons. The van der Waals surface area contributed by atoms with E-state index >= 15 is 0 Å². The molecule has 0 saturated heterocycles. The maximum absolute atomic E-state index is 12.8. The molecule has 0 bridgehead atoms. The summed E-state index contributed by atoms with van der Waals surface area (Å²) >= 11 is 1.61. The highest BCUT2D eigenvalue weighted by atomic mass is 32.1. The topological polar surface area (TPSA) is 70.7 Å². The van der Waals surface area contributed by atoms with Crippen molar-refractivity contribution >= 4 is 22.1 Å². The number of ketones is 1. The van der Waals surface area contributed by atoms with Crippen LogP contribution in [0.15, 0.2) is 36.7 Å². The van der Waals surface area contributed by atoms with Gasteiger partial charge in [-0.05, 0) is 35.6 Å². The van der Waals surface area contributed by atoms with Crippen LogP contribution < -0.4 is 5.32 Å². The molecule has 1 aliphatic carbocycles. The third kappa shape index (κ3) is 3.09. The minimum atomic E-state index is -0.0194. The molecule has 0 atom stereocenters. The number of pyridine rings is 1. The predicted octanol–water partition coefficient (Wildman–Crippen LogP) is 4.30. The first-order valence-electron chi connectivity index (χ1n) is 8.36. The molecule has 0 fully saturated rings. The van der Waals surface area contributed by atoms with Gasteiger partial charge in [-0.25, -0.2) is 0 Å². The molecule has 0 saturated carbocycles. The lowest BCUT2D eigenvalue weighted by atomic mass is 9.74. The van der Waals surface area contributed by atoms with Crippen LogP contribution in [0.1, 0.15) is 41.9 Å². The van der Waals surface area contributed by atoms with Gasteiger partial charge in [0.2, 0.25) is 0 Å². The molecule has 1 aliphatic rings. The molecule has 0 unspecified atom stereocenters. The Kier molecular flexibility index (Phi) is 3.92. The lowest BCUT2D eigenvalue weighted by molar-refractivity contribution is 0.0914. The molecule has 0 aromatic carbocycles. The molecule has 3 heterocycles. The number of thiophene rings is 1.